The summed E-state index contributed by atoms with van der Waals surface area (Å²) in [6.07, 6.45) is 1.66. The lowest BCUT2D eigenvalue weighted by atomic mass is 10.1. The predicted molar refractivity (Wildman–Crippen MR) is 64.4 cm³/mol. The maximum Gasteiger partial charge on any atom is 0.213 e. The second-order valence-corrected chi connectivity index (χ2v) is 4.78. The van der Waals surface area contributed by atoms with E-state index in [4.69, 9.17) is 0 Å². The molecule has 0 aliphatic rings. The molecule has 0 aromatic carbocycles. The molecule has 0 fully saturated rings. The third-order valence-corrected chi connectivity index (χ3v) is 3.71. The van der Waals surface area contributed by atoms with Crippen molar-refractivity contribution >= 4 is 33.0 Å². The summed E-state index contributed by atoms with van der Waals surface area (Å²) in [4.78, 5) is 16.1. The SMILES string of the molecule is Cc1ccnc(C(=O)c2cscc2Br)c1. The number of ketones is 1. The first kappa shape index (κ1) is 10.5. The van der Waals surface area contributed by atoms with Crippen LogP contribution in [0, 0.1) is 6.92 Å². The van der Waals surface area contributed by atoms with E-state index in [0.717, 1.165) is 10.0 Å². The fourth-order valence-electron chi connectivity index (χ4n) is 1.24. The van der Waals surface area contributed by atoms with E-state index in [1.807, 2.05) is 23.8 Å². The molecule has 15 heavy (non-hydrogen) atoms. The molecule has 0 unspecified atom stereocenters. The van der Waals surface area contributed by atoms with E-state index in [9.17, 15) is 4.79 Å². The van der Waals surface area contributed by atoms with E-state index in [-0.39, 0.29) is 5.78 Å². The van der Waals surface area contributed by atoms with Crippen LogP contribution in [0.15, 0.2) is 33.6 Å². The largest absolute Gasteiger partial charge is 0.287 e. The summed E-state index contributed by atoms with van der Waals surface area (Å²) in [5, 5.41) is 3.72. The molecule has 0 aliphatic carbocycles. The third kappa shape index (κ3) is 2.16. The minimum absolute atomic E-state index is 0.0353. The zero-order valence-corrected chi connectivity index (χ0v) is 10.4. The molecule has 2 aromatic rings. The molecule has 2 nitrogen and oxygen atoms in total. The van der Waals surface area contributed by atoms with Gasteiger partial charge in [-0.1, -0.05) is 0 Å². The van der Waals surface area contributed by atoms with Gasteiger partial charge in [-0.05, 0) is 40.5 Å². The Morgan fingerprint density at radius 3 is 2.87 bits per heavy atom. The van der Waals surface area contributed by atoms with E-state index in [0.29, 0.717) is 11.3 Å². The highest BCUT2D eigenvalue weighted by Crippen LogP contribution is 2.23. The third-order valence-electron chi connectivity index (χ3n) is 2.01. The van der Waals surface area contributed by atoms with Gasteiger partial charge in [0.25, 0.3) is 0 Å². The monoisotopic (exact) mass is 281 g/mol. The molecule has 4 heteroatoms. The standard InChI is InChI=1S/C11H8BrNOS/c1-7-2-3-13-10(4-7)11(14)8-5-15-6-9(8)12/h2-6H,1H3. The van der Waals surface area contributed by atoms with Gasteiger partial charge in [-0.2, -0.15) is 11.3 Å². The van der Waals surface area contributed by atoms with Crippen molar-refractivity contribution in [3.05, 3.63) is 50.4 Å². The minimum Gasteiger partial charge on any atom is -0.287 e. The number of aryl methyl sites for hydroxylation is 1. The Kier molecular flexibility index (Phi) is 2.98. The molecule has 0 aliphatic heterocycles. The summed E-state index contributed by atoms with van der Waals surface area (Å²) in [5.41, 5.74) is 2.21. The van der Waals surface area contributed by atoms with Crippen molar-refractivity contribution < 1.29 is 4.79 Å². The Morgan fingerprint density at radius 1 is 1.47 bits per heavy atom. The van der Waals surface area contributed by atoms with Crippen LogP contribution in [0.4, 0.5) is 0 Å². The molecule has 2 heterocycles. The number of thiophene rings is 1. The van der Waals surface area contributed by atoms with E-state index in [2.05, 4.69) is 20.9 Å². The first-order valence-electron chi connectivity index (χ1n) is 4.37. The van der Waals surface area contributed by atoms with Gasteiger partial charge in [0.15, 0.2) is 0 Å². The number of hydrogen-bond acceptors (Lipinski definition) is 3. The Hall–Kier alpha value is -1.00. The summed E-state index contributed by atoms with van der Waals surface area (Å²) >= 11 is 4.84. The molecule has 0 radical (unpaired) electrons. The zero-order chi connectivity index (χ0) is 10.8. The molecule has 0 saturated carbocycles. The topological polar surface area (TPSA) is 30.0 Å². The molecule has 0 amide bonds. The summed E-state index contributed by atoms with van der Waals surface area (Å²) in [6.45, 7) is 1.95. The average Bonchev–Trinajstić information content (AvgIpc) is 2.63. The van der Waals surface area contributed by atoms with Crippen molar-refractivity contribution in [3.8, 4) is 0 Å². The second-order valence-electron chi connectivity index (χ2n) is 3.18. The van der Waals surface area contributed by atoms with Crippen molar-refractivity contribution in [1.29, 1.82) is 0 Å². The number of aromatic nitrogens is 1. The van der Waals surface area contributed by atoms with Gasteiger partial charge >= 0.3 is 0 Å². The van der Waals surface area contributed by atoms with E-state index < -0.39 is 0 Å². The lowest BCUT2D eigenvalue weighted by Gasteiger charge is -1.99. The second kappa shape index (κ2) is 4.24. The maximum atomic E-state index is 12.0. The van der Waals surface area contributed by atoms with E-state index in [1.54, 1.807) is 12.3 Å². The van der Waals surface area contributed by atoms with Crippen molar-refractivity contribution in [1.82, 2.24) is 4.98 Å². The zero-order valence-electron chi connectivity index (χ0n) is 8.03. The van der Waals surface area contributed by atoms with Crippen LogP contribution in [0.3, 0.4) is 0 Å². The minimum atomic E-state index is -0.0353. The molecule has 0 spiro atoms. The summed E-state index contributed by atoms with van der Waals surface area (Å²) in [6, 6.07) is 3.67. The van der Waals surface area contributed by atoms with Crippen LogP contribution in [0.1, 0.15) is 21.6 Å². The highest BCUT2D eigenvalue weighted by atomic mass is 79.9. The highest BCUT2D eigenvalue weighted by Gasteiger charge is 2.14. The van der Waals surface area contributed by atoms with Gasteiger partial charge in [-0.3, -0.25) is 9.78 Å². The van der Waals surface area contributed by atoms with Crippen LogP contribution in [-0.2, 0) is 0 Å². The molecule has 0 atom stereocenters. The van der Waals surface area contributed by atoms with Gasteiger partial charge in [-0.25, -0.2) is 0 Å². The van der Waals surface area contributed by atoms with Gasteiger partial charge in [0.2, 0.25) is 5.78 Å². The Balaban J connectivity index is 2.41. The fourth-order valence-corrected chi connectivity index (χ4v) is 2.70. The summed E-state index contributed by atoms with van der Waals surface area (Å²) in [5.74, 6) is -0.0353. The molecule has 0 saturated heterocycles. The number of nitrogens with zero attached hydrogens (tertiary/aromatic N) is 1. The van der Waals surface area contributed by atoms with Crippen molar-refractivity contribution in [2.45, 2.75) is 6.92 Å². The van der Waals surface area contributed by atoms with Crippen LogP contribution >= 0.6 is 27.3 Å². The van der Waals surface area contributed by atoms with Gasteiger partial charge in [0.05, 0.1) is 0 Å². The maximum absolute atomic E-state index is 12.0. The first-order chi connectivity index (χ1) is 7.18. The van der Waals surface area contributed by atoms with Gasteiger partial charge < -0.3 is 0 Å². The normalized spacial score (nSPS) is 10.3. The molecule has 76 valence electrons. The van der Waals surface area contributed by atoms with Crippen molar-refractivity contribution in [2.75, 3.05) is 0 Å². The Morgan fingerprint density at radius 2 is 2.27 bits per heavy atom. The summed E-state index contributed by atoms with van der Waals surface area (Å²) in [7, 11) is 0. The molecule has 2 aromatic heterocycles. The van der Waals surface area contributed by atoms with Crippen LogP contribution in [0.2, 0.25) is 0 Å². The van der Waals surface area contributed by atoms with E-state index >= 15 is 0 Å². The molecule has 0 bridgehead atoms. The number of pyridine rings is 1. The Labute approximate surface area is 100 Å². The Bertz CT molecular complexity index is 507. The van der Waals surface area contributed by atoms with E-state index in [1.165, 1.54) is 11.3 Å². The van der Waals surface area contributed by atoms with Gasteiger partial charge in [0.1, 0.15) is 5.69 Å². The number of hydrogen-bond donors (Lipinski definition) is 0. The predicted octanol–water partition coefficient (Wildman–Crippen LogP) is 3.45. The first-order valence-corrected chi connectivity index (χ1v) is 6.11. The van der Waals surface area contributed by atoms with Crippen LogP contribution < -0.4 is 0 Å². The molecule has 2 rings (SSSR count). The van der Waals surface area contributed by atoms with Crippen molar-refractivity contribution in [2.24, 2.45) is 0 Å². The van der Waals surface area contributed by atoms with Crippen LogP contribution in [0.5, 0.6) is 0 Å². The van der Waals surface area contributed by atoms with Crippen LogP contribution in [-0.4, -0.2) is 10.8 Å². The number of halogens is 1. The summed E-state index contributed by atoms with van der Waals surface area (Å²) < 4.78 is 0.834. The lowest BCUT2D eigenvalue weighted by Crippen LogP contribution is -2.03. The number of rotatable bonds is 2. The molecule has 0 N–H and O–H groups in total. The molecular weight excluding hydrogens is 274 g/mol. The fraction of sp³-hybridized carbons (Fsp3) is 0.0909. The number of carbonyl (C=O) groups is 1. The van der Waals surface area contributed by atoms with Gasteiger partial charge in [-0.15, -0.1) is 0 Å². The van der Waals surface area contributed by atoms with Gasteiger partial charge in [0, 0.05) is 27.0 Å². The molecular formula is C11H8BrNOS. The quantitative estimate of drug-likeness (QED) is 0.790. The number of carbonyl (C=O) groups excluding carboxylic acids is 1. The lowest BCUT2D eigenvalue weighted by molar-refractivity contribution is 0.103. The van der Waals surface area contributed by atoms with Crippen LogP contribution in [0.25, 0.3) is 0 Å². The van der Waals surface area contributed by atoms with Crippen molar-refractivity contribution in [3.63, 3.8) is 0 Å². The smallest absolute Gasteiger partial charge is 0.213 e. The highest BCUT2D eigenvalue weighted by molar-refractivity contribution is 9.10. The average molecular weight is 282 g/mol.